The maximum Gasteiger partial charge on any atom is 0.144 e. The molecule has 118 valence electrons. The van der Waals surface area contributed by atoms with E-state index in [4.69, 9.17) is 14.2 Å². The fraction of sp³-hybridized carbons (Fsp3) is 1.00. The van der Waals surface area contributed by atoms with E-state index in [1.165, 1.54) is 44.9 Å². The Labute approximate surface area is 124 Å². The van der Waals surface area contributed by atoms with Gasteiger partial charge < -0.3 is 14.2 Å². The molecule has 0 bridgehead atoms. The van der Waals surface area contributed by atoms with Crippen molar-refractivity contribution in [3.8, 4) is 0 Å². The lowest BCUT2D eigenvalue weighted by atomic mass is 9.83. The number of unbranched alkanes of at least 4 members (excludes halogenated alkanes) is 6. The van der Waals surface area contributed by atoms with Gasteiger partial charge >= 0.3 is 0 Å². The third kappa shape index (κ3) is 3.75. The largest absolute Gasteiger partial charge is 0.378 e. The Hall–Kier alpha value is -0.120. The van der Waals surface area contributed by atoms with Gasteiger partial charge in [0.2, 0.25) is 0 Å². The molecule has 0 aromatic rings. The molecule has 2 aliphatic heterocycles. The van der Waals surface area contributed by atoms with Gasteiger partial charge in [0.25, 0.3) is 0 Å². The standard InChI is InChI=1S/C17H32O3/c1-4-5-6-7-8-9-10-11-15-17(13-20-17)16(18-3)14(2)12-19-15/h14-16H,4-13H2,1-3H3/t14-,15-,16-,17-/m0/s1. The van der Waals surface area contributed by atoms with Crippen molar-refractivity contribution in [2.45, 2.75) is 83.0 Å². The lowest BCUT2D eigenvalue weighted by Gasteiger charge is -2.39. The molecular formula is C17H32O3. The van der Waals surface area contributed by atoms with Crippen molar-refractivity contribution in [2.24, 2.45) is 5.92 Å². The quantitative estimate of drug-likeness (QED) is 0.474. The van der Waals surface area contributed by atoms with Gasteiger partial charge in [-0.05, 0) is 6.42 Å². The Kier molecular flexibility index (Phi) is 6.31. The lowest BCUT2D eigenvalue weighted by Crippen LogP contribution is -2.53. The van der Waals surface area contributed by atoms with E-state index in [9.17, 15) is 0 Å². The van der Waals surface area contributed by atoms with E-state index in [0.717, 1.165) is 19.6 Å². The Morgan fingerprint density at radius 1 is 1.10 bits per heavy atom. The van der Waals surface area contributed by atoms with E-state index in [1.807, 2.05) is 0 Å². The van der Waals surface area contributed by atoms with Crippen LogP contribution in [0, 0.1) is 5.92 Å². The first kappa shape index (κ1) is 16.3. The number of hydrogen-bond acceptors (Lipinski definition) is 3. The van der Waals surface area contributed by atoms with Gasteiger partial charge in [0, 0.05) is 13.0 Å². The molecule has 0 N–H and O–H groups in total. The molecule has 2 rings (SSSR count). The van der Waals surface area contributed by atoms with Crippen LogP contribution >= 0.6 is 0 Å². The van der Waals surface area contributed by atoms with E-state index < -0.39 is 0 Å². The Morgan fingerprint density at radius 3 is 2.35 bits per heavy atom. The molecule has 0 radical (unpaired) electrons. The second-order valence-corrected chi connectivity index (χ2v) is 6.61. The van der Waals surface area contributed by atoms with Crippen molar-refractivity contribution < 1.29 is 14.2 Å². The van der Waals surface area contributed by atoms with Crippen LogP contribution in [0.5, 0.6) is 0 Å². The first-order chi connectivity index (χ1) is 9.74. The predicted octanol–water partition coefficient (Wildman–Crippen LogP) is 3.95. The number of epoxide rings is 1. The van der Waals surface area contributed by atoms with E-state index in [2.05, 4.69) is 13.8 Å². The highest BCUT2D eigenvalue weighted by molar-refractivity contribution is 5.09. The van der Waals surface area contributed by atoms with Crippen LogP contribution in [0.1, 0.15) is 65.2 Å². The summed E-state index contributed by atoms with van der Waals surface area (Å²) in [6.45, 7) is 6.09. The molecule has 20 heavy (non-hydrogen) atoms. The molecule has 2 heterocycles. The zero-order chi connectivity index (χ0) is 14.4. The lowest BCUT2D eigenvalue weighted by molar-refractivity contribution is -0.149. The van der Waals surface area contributed by atoms with Gasteiger partial charge in [-0.1, -0.05) is 58.8 Å². The van der Waals surface area contributed by atoms with Crippen LogP contribution in [0.25, 0.3) is 0 Å². The SMILES string of the molecule is CCCCCCCCC[C@@H]1OC[C@H](C)[C@H](OC)[C@]12CO2. The summed E-state index contributed by atoms with van der Waals surface area (Å²) in [6, 6.07) is 0. The van der Waals surface area contributed by atoms with Crippen LogP contribution in [-0.2, 0) is 14.2 Å². The number of hydrogen-bond donors (Lipinski definition) is 0. The first-order valence-electron chi connectivity index (χ1n) is 8.53. The maximum atomic E-state index is 6.04. The Morgan fingerprint density at radius 2 is 1.75 bits per heavy atom. The van der Waals surface area contributed by atoms with Crippen LogP contribution < -0.4 is 0 Å². The van der Waals surface area contributed by atoms with Crippen molar-refractivity contribution >= 4 is 0 Å². The third-order valence-electron chi connectivity index (χ3n) is 4.91. The molecule has 3 nitrogen and oxygen atoms in total. The molecular weight excluding hydrogens is 252 g/mol. The third-order valence-corrected chi connectivity index (χ3v) is 4.91. The Bertz CT molecular complexity index is 275. The van der Waals surface area contributed by atoms with Crippen molar-refractivity contribution in [2.75, 3.05) is 20.3 Å². The van der Waals surface area contributed by atoms with Crippen molar-refractivity contribution in [3.05, 3.63) is 0 Å². The zero-order valence-corrected chi connectivity index (χ0v) is 13.5. The van der Waals surface area contributed by atoms with Gasteiger partial charge in [0.15, 0.2) is 0 Å². The molecule has 0 aliphatic carbocycles. The molecule has 2 fully saturated rings. The maximum absolute atomic E-state index is 6.04. The minimum Gasteiger partial charge on any atom is -0.378 e. The van der Waals surface area contributed by atoms with Gasteiger partial charge in [-0.15, -0.1) is 0 Å². The highest BCUT2D eigenvalue weighted by atomic mass is 16.7. The van der Waals surface area contributed by atoms with Crippen LogP contribution in [0.15, 0.2) is 0 Å². The molecule has 4 atom stereocenters. The van der Waals surface area contributed by atoms with E-state index in [-0.39, 0.29) is 17.8 Å². The van der Waals surface area contributed by atoms with Crippen molar-refractivity contribution in [1.29, 1.82) is 0 Å². The topological polar surface area (TPSA) is 31.0 Å². The number of rotatable bonds is 9. The van der Waals surface area contributed by atoms with E-state index in [1.54, 1.807) is 7.11 Å². The van der Waals surface area contributed by atoms with Crippen LogP contribution in [0.4, 0.5) is 0 Å². The van der Waals surface area contributed by atoms with E-state index in [0.29, 0.717) is 5.92 Å². The fourth-order valence-electron chi connectivity index (χ4n) is 3.64. The van der Waals surface area contributed by atoms with Crippen molar-refractivity contribution in [1.82, 2.24) is 0 Å². The molecule has 0 amide bonds. The second-order valence-electron chi connectivity index (χ2n) is 6.61. The van der Waals surface area contributed by atoms with Gasteiger partial charge in [-0.3, -0.25) is 0 Å². The zero-order valence-electron chi connectivity index (χ0n) is 13.5. The van der Waals surface area contributed by atoms with Crippen LogP contribution in [0.2, 0.25) is 0 Å². The average molecular weight is 284 g/mol. The molecule has 2 aliphatic rings. The molecule has 3 heteroatoms. The minimum absolute atomic E-state index is 0.116. The normalized spacial score (nSPS) is 36.5. The highest BCUT2D eigenvalue weighted by Gasteiger charge is 2.61. The van der Waals surface area contributed by atoms with Gasteiger partial charge in [-0.2, -0.15) is 0 Å². The summed E-state index contributed by atoms with van der Waals surface area (Å²) < 4.78 is 17.5. The summed E-state index contributed by atoms with van der Waals surface area (Å²) in [5.41, 5.74) is -0.116. The Balaban J connectivity index is 1.66. The van der Waals surface area contributed by atoms with Gasteiger partial charge in [0.1, 0.15) is 5.60 Å². The van der Waals surface area contributed by atoms with Crippen LogP contribution in [0.3, 0.4) is 0 Å². The fourth-order valence-corrected chi connectivity index (χ4v) is 3.64. The second kappa shape index (κ2) is 7.77. The molecule has 0 unspecified atom stereocenters. The molecule has 0 saturated carbocycles. The first-order valence-corrected chi connectivity index (χ1v) is 8.53. The summed E-state index contributed by atoms with van der Waals surface area (Å²) in [6.07, 6.45) is 11.0. The predicted molar refractivity (Wildman–Crippen MR) is 81.0 cm³/mol. The molecule has 0 aromatic heterocycles. The smallest absolute Gasteiger partial charge is 0.144 e. The minimum atomic E-state index is -0.116. The van der Waals surface area contributed by atoms with Crippen molar-refractivity contribution in [3.63, 3.8) is 0 Å². The van der Waals surface area contributed by atoms with Gasteiger partial charge in [-0.25, -0.2) is 0 Å². The number of methoxy groups -OCH3 is 1. The number of ether oxygens (including phenoxy) is 3. The summed E-state index contributed by atoms with van der Waals surface area (Å²) in [5, 5.41) is 0. The summed E-state index contributed by atoms with van der Waals surface area (Å²) in [4.78, 5) is 0. The van der Waals surface area contributed by atoms with Gasteiger partial charge in [0.05, 0.1) is 25.4 Å². The van der Waals surface area contributed by atoms with E-state index >= 15 is 0 Å². The summed E-state index contributed by atoms with van der Waals surface area (Å²) in [7, 11) is 1.81. The molecule has 1 spiro atoms. The molecule has 2 saturated heterocycles. The summed E-state index contributed by atoms with van der Waals surface area (Å²) in [5.74, 6) is 0.438. The highest BCUT2D eigenvalue weighted by Crippen LogP contribution is 2.45. The summed E-state index contributed by atoms with van der Waals surface area (Å²) >= 11 is 0. The molecule has 0 aromatic carbocycles. The average Bonchev–Trinajstić information content (AvgIpc) is 3.22. The van der Waals surface area contributed by atoms with Crippen LogP contribution in [-0.4, -0.2) is 38.1 Å². The monoisotopic (exact) mass is 284 g/mol.